The Kier molecular flexibility index (Phi) is 3.46. The highest BCUT2D eigenvalue weighted by Gasteiger charge is 2.06. The van der Waals surface area contributed by atoms with Crippen LogP contribution in [0.15, 0.2) is 35.1 Å². The smallest absolute Gasteiger partial charge is 0.258 e. The molecule has 0 aliphatic carbocycles. The van der Waals surface area contributed by atoms with Gasteiger partial charge in [0.15, 0.2) is 0 Å². The van der Waals surface area contributed by atoms with E-state index in [1.54, 1.807) is 11.6 Å². The van der Waals surface area contributed by atoms with Gasteiger partial charge >= 0.3 is 0 Å². The van der Waals surface area contributed by atoms with Crippen molar-refractivity contribution in [1.82, 2.24) is 4.57 Å². The third kappa shape index (κ3) is 2.42. The molecular formula is C14H16N2O2. The molecule has 0 atom stereocenters. The second-order valence-corrected chi connectivity index (χ2v) is 4.41. The van der Waals surface area contributed by atoms with Gasteiger partial charge in [0.1, 0.15) is 0 Å². The first-order valence-electron chi connectivity index (χ1n) is 5.95. The lowest BCUT2D eigenvalue weighted by molar-refractivity contribution is -0.118. The van der Waals surface area contributed by atoms with Crippen molar-refractivity contribution in [2.24, 2.45) is 12.8 Å². The zero-order valence-electron chi connectivity index (χ0n) is 10.3. The Bertz CT molecular complexity index is 644. The van der Waals surface area contributed by atoms with Gasteiger partial charge < -0.3 is 10.3 Å². The molecule has 18 heavy (non-hydrogen) atoms. The molecule has 0 fully saturated rings. The molecule has 1 aromatic carbocycles. The van der Waals surface area contributed by atoms with Crippen LogP contribution in [0.1, 0.15) is 18.5 Å². The SMILES string of the molecule is Cn1c(CCCC(N)=O)cc2ccccc2c1=O. The fraction of sp³-hybridized carbons (Fsp3) is 0.286. The number of aromatic nitrogens is 1. The molecule has 0 aliphatic rings. The molecule has 0 saturated carbocycles. The van der Waals surface area contributed by atoms with Crippen molar-refractivity contribution in [3.8, 4) is 0 Å². The lowest BCUT2D eigenvalue weighted by atomic mass is 10.1. The van der Waals surface area contributed by atoms with Crippen molar-refractivity contribution in [2.45, 2.75) is 19.3 Å². The van der Waals surface area contributed by atoms with Gasteiger partial charge in [-0.15, -0.1) is 0 Å². The number of hydrogen-bond acceptors (Lipinski definition) is 2. The van der Waals surface area contributed by atoms with Crippen LogP contribution in [-0.2, 0) is 18.3 Å². The van der Waals surface area contributed by atoms with E-state index in [1.165, 1.54) is 0 Å². The third-order valence-electron chi connectivity index (χ3n) is 3.10. The predicted molar refractivity (Wildman–Crippen MR) is 71.3 cm³/mol. The molecule has 0 saturated heterocycles. The molecule has 94 valence electrons. The van der Waals surface area contributed by atoms with E-state index in [2.05, 4.69) is 0 Å². The monoisotopic (exact) mass is 244 g/mol. The topological polar surface area (TPSA) is 65.1 Å². The highest BCUT2D eigenvalue weighted by Crippen LogP contribution is 2.13. The summed E-state index contributed by atoms with van der Waals surface area (Å²) in [6.07, 6.45) is 1.70. The minimum absolute atomic E-state index is 0.00201. The number of amides is 1. The molecule has 0 aliphatic heterocycles. The maximum absolute atomic E-state index is 12.1. The van der Waals surface area contributed by atoms with Crippen LogP contribution in [0.5, 0.6) is 0 Å². The van der Waals surface area contributed by atoms with Gasteiger partial charge in [-0.2, -0.15) is 0 Å². The van der Waals surface area contributed by atoms with Gasteiger partial charge in [0.25, 0.3) is 5.56 Å². The zero-order valence-corrected chi connectivity index (χ0v) is 10.3. The second kappa shape index (κ2) is 5.04. The quantitative estimate of drug-likeness (QED) is 0.882. The number of rotatable bonds is 4. The maximum atomic E-state index is 12.1. The summed E-state index contributed by atoms with van der Waals surface area (Å²) in [6, 6.07) is 9.52. The first-order valence-corrected chi connectivity index (χ1v) is 5.95. The molecule has 1 heterocycles. The van der Waals surface area contributed by atoms with Gasteiger partial charge in [-0.3, -0.25) is 9.59 Å². The lowest BCUT2D eigenvalue weighted by Gasteiger charge is -2.09. The number of hydrogen-bond donors (Lipinski definition) is 1. The summed E-state index contributed by atoms with van der Waals surface area (Å²) < 4.78 is 1.64. The fourth-order valence-electron chi connectivity index (χ4n) is 2.09. The summed E-state index contributed by atoms with van der Waals surface area (Å²) in [5, 5.41) is 1.66. The van der Waals surface area contributed by atoms with E-state index in [0.29, 0.717) is 19.3 Å². The highest BCUT2D eigenvalue weighted by molar-refractivity contribution is 5.81. The van der Waals surface area contributed by atoms with Gasteiger partial charge in [0.05, 0.1) is 0 Å². The van der Waals surface area contributed by atoms with Crippen LogP contribution in [0.25, 0.3) is 10.8 Å². The fourth-order valence-corrected chi connectivity index (χ4v) is 2.09. The first-order chi connectivity index (χ1) is 8.59. The summed E-state index contributed by atoms with van der Waals surface area (Å²) >= 11 is 0. The van der Waals surface area contributed by atoms with Gasteiger partial charge in [0, 0.05) is 24.5 Å². The largest absolute Gasteiger partial charge is 0.370 e. The molecular weight excluding hydrogens is 228 g/mol. The Hall–Kier alpha value is -2.10. The van der Waals surface area contributed by atoms with Crippen molar-refractivity contribution >= 4 is 16.7 Å². The number of aryl methyl sites for hydroxylation is 1. The number of carbonyl (C=O) groups excluding carboxylic acids is 1. The van der Waals surface area contributed by atoms with Crippen LogP contribution < -0.4 is 11.3 Å². The number of benzene rings is 1. The standard InChI is InChI=1S/C14H16N2O2/c1-16-11(6-4-8-13(15)17)9-10-5-2-3-7-12(10)14(16)18/h2-3,5,7,9H,4,6,8H2,1H3,(H2,15,17). The predicted octanol–water partition coefficient (Wildman–Crippen LogP) is 1.35. The number of primary amides is 1. The van der Waals surface area contributed by atoms with E-state index >= 15 is 0 Å². The Labute approximate surface area is 105 Å². The molecule has 2 N–H and O–H groups in total. The number of nitrogens with two attached hydrogens (primary N) is 1. The lowest BCUT2D eigenvalue weighted by Crippen LogP contribution is -2.20. The Balaban J connectivity index is 2.36. The molecule has 1 amide bonds. The minimum atomic E-state index is -0.305. The Morgan fingerprint density at radius 3 is 2.78 bits per heavy atom. The summed E-state index contributed by atoms with van der Waals surface area (Å²) in [6.45, 7) is 0. The molecule has 0 radical (unpaired) electrons. The van der Waals surface area contributed by atoms with E-state index < -0.39 is 0 Å². The molecule has 1 aromatic heterocycles. The van der Waals surface area contributed by atoms with Crippen LogP contribution >= 0.6 is 0 Å². The van der Waals surface area contributed by atoms with Crippen molar-refractivity contribution in [3.63, 3.8) is 0 Å². The molecule has 0 bridgehead atoms. The van der Waals surface area contributed by atoms with Crippen LogP contribution in [0.2, 0.25) is 0 Å². The average Bonchev–Trinajstić information content (AvgIpc) is 2.35. The van der Waals surface area contributed by atoms with Crippen molar-refractivity contribution < 1.29 is 4.79 Å². The number of pyridine rings is 1. The molecule has 0 unspecified atom stereocenters. The number of fused-ring (bicyclic) bond motifs is 1. The molecule has 4 heteroatoms. The zero-order chi connectivity index (χ0) is 13.1. The van der Waals surface area contributed by atoms with Crippen molar-refractivity contribution in [3.05, 3.63) is 46.4 Å². The number of carbonyl (C=O) groups is 1. The summed E-state index contributed by atoms with van der Waals surface area (Å²) in [7, 11) is 1.76. The van der Waals surface area contributed by atoms with Gasteiger partial charge in [-0.25, -0.2) is 0 Å². The van der Waals surface area contributed by atoms with Crippen LogP contribution in [-0.4, -0.2) is 10.5 Å². The van der Waals surface area contributed by atoms with Gasteiger partial charge in [0.2, 0.25) is 5.91 Å². The summed E-state index contributed by atoms with van der Waals surface area (Å²) in [4.78, 5) is 22.8. The number of nitrogens with zero attached hydrogens (tertiary/aromatic N) is 1. The molecule has 2 aromatic rings. The second-order valence-electron chi connectivity index (χ2n) is 4.41. The molecule has 4 nitrogen and oxygen atoms in total. The molecule has 2 rings (SSSR count). The maximum Gasteiger partial charge on any atom is 0.258 e. The Morgan fingerprint density at radius 2 is 2.06 bits per heavy atom. The average molecular weight is 244 g/mol. The van der Waals surface area contributed by atoms with Crippen LogP contribution in [0.3, 0.4) is 0 Å². The van der Waals surface area contributed by atoms with Crippen molar-refractivity contribution in [2.75, 3.05) is 0 Å². The summed E-state index contributed by atoms with van der Waals surface area (Å²) in [5.41, 5.74) is 6.04. The minimum Gasteiger partial charge on any atom is -0.370 e. The highest BCUT2D eigenvalue weighted by atomic mass is 16.1. The third-order valence-corrected chi connectivity index (χ3v) is 3.10. The van der Waals surface area contributed by atoms with E-state index in [1.807, 2.05) is 30.3 Å². The van der Waals surface area contributed by atoms with E-state index in [-0.39, 0.29) is 11.5 Å². The van der Waals surface area contributed by atoms with Gasteiger partial charge in [-0.05, 0) is 30.4 Å². The van der Waals surface area contributed by atoms with E-state index in [0.717, 1.165) is 16.5 Å². The first kappa shape index (κ1) is 12.4. The van der Waals surface area contributed by atoms with E-state index in [4.69, 9.17) is 5.73 Å². The van der Waals surface area contributed by atoms with Crippen molar-refractivity contribution in [1.29, 1.82) is 0 Å². The Morgan fingerprint density at radius 1 is 1.33 bits per heavy atom. The molecule has 0 spiro atoms. The van der Waals surface area contributed by atoms with Gasteiger partial charge in [-0.1, -0.05) is 18.2 Å². The van der Waals surface area contributed by atoms with Crippen LogP contribution in [0.4, 0.5) is 0 Å². The van der Waals surface area contributed by atoms with Crippen LogP contribution in [0, 0.1) is 0 Å². The normalized spacial score (nSPS) is 10.7. The van der Waals surface area contributed by atoms with E-state index in [9.17, 15) is 9.59 Å². The summed E-state index contributed by atoms with van der Waals surface area (Å²) in [5.74, 6) is -0.305.